The molecule has 5 heteroatoms. The summed E-state index contributed by atoms with van der Waals surface area (Å²) in [5.41, 5.74) is 2.04. The summed E-state index contributed by atoms with van der Waals surface area (Å²) in [6, 6.07) is 7.76. The first-order valence-electron chi connectivity index (χ1n) is 5.60. The average Bonchev–Trinajstić information content (AvgIpc) is 2.34. The van der Waals surface area contributed by atoms with Gasteiger partial charge in [-0.1, -0.05) is 17.7 Å². The monoisotopic (exact) mass is 279 g/mol. The minimum absolute atomic E-state index is 0.730. The summed E-state index contributed by atoms with van der Waals surface area (Å²) in [7, 11) is 1.90. The molecule has 0 bridgehead atoms. The van der Waals surface area contributed by atoms with E-state index in [9.17, 15) is 0 Å². The molecule has 2 aromatic rings. The zero-order valence-electron chi connectivity index (χ0n) is 10.3. The first-order valence-corrected chi connectivity index (χ1v) is 6.79. The lowest BCUT2D eigenvalue weighted by atomic mass is 10.2. The highest BCUT2D eigenvalue weighted by atomic mass is 35.5. The predicted octanol–water partition coefficient (Wildman–Crippen LogP) is 3.31. The molecule has 0 spiro atoms. The lowest BCUT2D eigenvalue weighted by molar-refractivity contribution is 0.802. The van der Waals surface area contributed by atoms with E-state index >= 15 is 0 Å². The van der Waals surface area contributed by atoms with Gasteiger partial charge >= 0.3 is 0 Å². The van der Waals surface area contributed by atoms with Crippen LogP contribution in [-0.2, 0) is 6.54 Å². The molecule has 2 rings (SSSR count). The van der Waals surface area contributed by atoms with Crippen LogP contribution in [0.3, 0.4) is 0 Å². The minimum Gasteiger partial charge on any atom is -0.316 e. The summed E-state index contributed by atoms with van der Waals surface area (Å²) in [4.78, 5) is 9.73. The van der Waals surface area contributed by atoms with E-state index in [1.165, 1.54) is 11.8 Å². The molecule has 1 N–H and O–H groups in total. The van der Waals surface area contributed by atoms with Crippen LogP contribution in [0.2, 0.25) is 5.02 Å². The molecular weight excluding hydrogens is 266 g/mol. The zero-order valence-corrected chi connectivity index (χ0v) is 11.8. The Kier molecular flexibility index (Phi) is 4.58. The Balaban J connectivity index is 2.31. The Morgan fingerprint density at radius 2 is 2.17 bits per heavy atom. The normalized spacial score (nSPS) is 10.6. The molecule has 0 radical (unpaired) electrons. The fourth-order valence-electron chi connectivity index (χ4n) is 1.56. The van der Waals surface area contributed by atoms with Gasteiger partial charge in [0.25, 0.3) is 0 Å². The fraction of sp³-hybridized carbons (Fsp3) is 0.231. The van der Waals surface area contributed by atoms with Gasteiger partial charge in [0.05, 0.1) is 0 Å². The van der Waals surface area contributed by atoms with Crippen molar-refractivity contribution < 1.29 is 0 Å². The number of hydrogen-bond acceptors (Lipinski definition) is 4. The van der Waals surface area contributed by atoms with Crippen LogP contribution in [0.15, 0.2) is 40.5 Å². The van der Waals surface area contributed by atoms with Gasteiger partial charge < -0.3 is 5.32 Å². The van der Waals surface area contributed by atoms with Gasteiger partial charge in [0, 0.05) is 28.4 Å². The van der Waals surface area contributed by atoms with Crippen LogP contribution in [0.5, 0.6) is 0 Å². The molecule has 1 aromatic carbocycles. The lowest BCUT2D eigenvalue weighted by Crippen LogP contribution is -2.06. The molecule has 3 nitrogen and oxygen atoms in total. The molecule has 94 valence electrons. The maximum atomic E-state index is 6.21. The van der Waals surface area contributed by atoms with Gasteiger partial charge in [-0.05, 0) is 49.5 Å². The van der Waals surface area contributed by atoms with Crippen molar-refractivity contribution in [2.24, 2.45) is 0 Å². The minimum atomic E-state index is 0.730. The maximum absolute atomic E-state index is 6.21. The van der Waals surface area contributed by atoms with Crippen molar-refractivity contribution in [3.8, 4) is 0 Å². The van der Waals surface area contributed by atoms with E-state index in [1.54, 1.807) is 6.20 Å². The van der Waals surface area contributed by atoms with Crippen LogP contribution in [0.25, 0.3) is 0 Å². The zero-order chi connectivity index (χ0) is 13.0. The van der Waals surface area contributed by atoms with E-state index in [1.807, 2.05) is 38.2 Å². The molecule has 0 aliphatic carbocycles. The van der Waals surface area contributed by atoms with E-state index < -0.39 is 0 Å². The summed E-state index contributed by atoms with van der Waals surface area (Å²) in [6.07, 6.45) is 1.77. The van der Waals surface area contributed by atoms with E-state index in [4.69, 9.17) is 11.6 Å². The number of halogens is 1. The maximum Gasteiger partial charge on any atom is 0.192 e. The van der Waals surface area contributed by atoms with Crippen molar-refractivity contribution in [3.05, 3.63) is 46.7 Å². The average molecular weight is 280 g/mol. The second kappa shape index (κ2) is 6.18. The third-order valence-electron chi connectivity index (χ3n) is 2.40. The second-order valence-electron chi connectivity index (χ2n) is 3.83. The summed E-state index contributed by atoms with van der Waals surface area (Å²) in [5, 5.41) is 4.63. The summed E-state index contributed by atoms with van der Waals surface area (Å²) >= 11 is 7.75. The number of aromatic nitrogens is 2. The van der Waals surface area contributed by atoms with E-state index in [0.717, 1.165) is 32.9 Å². The first kappa shape index (κ1) is 13.3. The van der Waals surface area contributed by atoms with Crippen LogP contribution < -0.4 is 5.32 Å². The van der Waals surface area contributed by atoms with Gasteiger partial charge in [-0.25, -0.2) is 9.97 Å². The second-order valence-corrected chi connectivity index (χ2v) is 5.25. The van der Waals surface area contributed by atoms with Crippen LogP contribution >= 0.6 is 23.4 Å². The molecule has 1 heterocycles. The van der Waals surface area contributed by atoms with Gasteiger partial charge in [-0.15, -0.1) is 0 Å². The van der Waals surface area contributed by atoms with Gasteiger partial charge in [0.2, 0.25) is 0 Å². The molecule has 0 saturated carbocycles. The number of aryl methyl sites for hydroxylation is 1. The highest BCUT2D eigenvalue weighted by Gasteiger charge is 2.09. The van der Waals surface area contributed by atoms with E-state index in [0.29, 0.717) is 0 Å². The molecular formula is C13H14ClN3S. The van der Waals surface area contributed by atoms with Crippen LogP contribution in [0.1, 0.15) is 11.3 Å². The molecule has 0 aliphatic heterocycles. The largest absolute Gasteiger partial charge is 0.316 e. The van der Waals surface area contributed by atoms with Crippen molar-refractivity contribution in [1.29, 1.82) is 0 Å². The van der Waals surface area contributed by atoms with Crippen LogP contribution in [-0.4, -0.2) is 17.0 Å². The van der Waals surface area contributed by atoms with Crippen molar-refractivity contribution in [2.75, 3.05) is 7.05 Å². The van der Waals surface area contributed by atoms with Gasteiger partial charge in [-0.2, -0.15) is 0 Å². The molecule has 0 amide bonds. The van der Waals surface area contributed by atoms with Gasteiger partial charge in [-0.3, -0.25) is 0 Å². The van der Waals surface area contributed by atoms with Crippen molar-refractivity contribution >= 4 is 23.4 Å². The van der Waals surface area contributed by atoms with E-state index in [-0.39, 0.29) is 0 Å². The molecule has 0 fully saturated rings. The molecule has 0 atom stereocenters. The molecule has 18 heavy (non-hydrogen) atoms. The topological polar surface area (TPSA) is 37.8 Å². The third-order valence-corrected chi connectivity index (χ3v) is 3.74. The van der Waals surface area contributed by atoms with Gasteiger partial charge in [0.1, 0.15) is 0 Å². The van der Waals surface area contributed by atoms with Crippen molar-refractivity contribution in [2.45, 2.75) is 23.5 Å². The SMILES string of the molecule is CNCc1c(Cl)cccc1Sc1nccc(C)n1. The van der Waals surface area contributed by atoms with E-state index in [2.05, 4.69) is 15.3 Å². The Labute approximate surface area is 116 Å². The Hall–Kier alpha value is -1.10. The molecule has 0 unspecified atom stereocenters. The Bertz CT molecular complexity index is 546. The Morgan fingerprint density at radius 3 is 2.89 bits per heavy atom. The van der Waals surface area contributed by atoms with Crippen LogP contribution in [0.4, 0.5) is 0 Å². The standard InChI is InChI=1S/C13H14ClN3S/c1-9-6-7-16-13(17-9)18-12-5-3-4-11(14)10(12)8-15-2/h3-7,15H,8H2,1-2H3. The predicted molar refractivity (Wildman–Crippen MR) is 75.1 cm³/mol. The van der Waals surface area contributed by atoms with Crippen molar-refractivity contribution in [3.63, 3.8) is 0 Å². The number of benzene rings is 1. The summed E-state index contributed by atoms with van der Waals surface area (Å²) < 4.78 is 0. The fourth-order valence-corrected chi connectivity index (χ4v) is 2.81. The molecule has 0 saturated heterocycles. The summed E-state index contributed by atoms with van der Waals surface area (Å²) in [6.45, 7) is 2.69. The molecule has 0 aliphatic rings. The highest BCUT2D eigenvalue weighted by Crippen LogP contribution is 2.31. The van der Waals surface area contributed by atoms with Crippen LogP contribution in [0, 0.1) is 6.92 Å². The smallest absolute Gasteiger partial charge is 0.192 e. The quantitative estimate of drug-likeness (QED) is 0.872. The van der Waals surface area contributed by atoms with Crippen molar-refractivity contribution in [1.82, 2.24) is 15.3 Å². The lowest BCUT2D eigenvalue weighted by Gasteiger charge is -2.09. The number of nitrogens with zero attached hydrogens (tertiary/aromatic N) is 2. The molecule has 1 aromatic heterocycles. The first-order chi connectivity index (χ1) is 8.70. The van der Waals surface area contributed by atoms with Gasteiger partial charge in [0.15, 0.2) is 5.16 Å². The summed E-state index contributed by atoms with van der Waals surface area (Å²) in [5.74, 6) is 0. The Morgan fingerprint density at radius 1 is 1.33 bits per heavy atom. The number of nitrogens with one attached hydrogen (secondary N) is 1. The third kappa shape index (κ3) is 3.22. The highest BCUT2D eigenvalue weighted by molar-refractivity contribution is 7.99. The number of rotatable bonds is 4. The number of hydrogen-bond donors (Lipinski definition) is 1.